The fourth-order valence-electron chi connectivity index (χ4n) is 3.57. The minimum atomic E-state index is -0.331. The Bertz CT molecular complexity index is 1030. The number of carbonyl (C=O) groups excluding carboxylic acids is 1. The molecule has 2 heterocycles. The molecule has 0 radical (unpaired) electrons. The number of rotatable bonds is 5. The maximum atomic E-state index is 13.2. The van der Waals surface area contributed by atoms with Gasteiger partial charge in [0.15, 0.2) is 11.4 Å². The van der Waals surface area contributed by atoms with Crippen molar-refractivity contribution in [2.24, 2.45) is 0 Å². The van der Waals surface area contributed by atoms with Gasteiger partial charge in [-0.15, -0.1) is 0 Å². The second-order valence-electron chi connectivity index (χ2n) is 6.92. The summed E-state index contributed by atoms with van der Waals surface area (Å²) >= 11 is 0. The number of carbonyl (C=O) groups is 1. The van der Waals surface area contributed by atoms with Gasteiger partial charge in [-0.2, -0.15) is 5.10 Å². The Hall–Kier alpha value is -3.55. The zero-order valence-electron chi connectivity index (χ0n) is 16.9. The largest absolute Gasteiger partial charge is 0.495 e. The molecule has 0 spiro atoms. The lowest BCUT2D eigenvalue weighted by Gasteiger charge is -2.36. The molecule has 1 aliphatic rings. The molecule has 7 nitrogen and oxygen atoms in total. The van der Waals surface area contributed by atoms with E-state index < -0.39 is 0 Å². The van der Waals surface area contributed by atoms with Crippen molar-refractivity contribution in [1.29, 1.82) is 0 Å². The number of piperazine rings is 1. The monoisotopic (exact) mass is 410 g/mol. The van der Waals surface area contributed by atoms with Gasteiger partial charge < -0.3 is 19.3 Å². The van der Waals surface area contributed by atoms with Crippen LogP contribution in [-0.4, -0.2) is 61.0 Å². The minimum absolute atomic E-state index is 0.188. The van der Waals surface area contributed by atoms with Crippen molar-refractivity contribution in [2.75, 3.05) is 45.3 Å². The molecule has 1 aromatic heterocycles. The first kappa shape index (κ1) is 19.8. The van der Waals surface area contributed by atoms with Crippen LogP contribution in [0.2, 0.25) is 0 Å². The van der Waals surface area contributed by atoms with E-state index in [9.17, 15) is 9.18 Å². The normalized spacial score (nSPS) is 14.0. The summed E-state index contributed by atoms with van der Waals surface area (Å²) in [6.45, 7) is 2.49. The average Bonchev–Trinajstić information content (AvgIpc) is 3.23. The van der Waals surface area contributed by atoms with Crippen molar-refractivity contribution < 1.29 is 18.7 Å². The topological polar surface area (TPSA) is 59.8 Å². The lowest BCUT2D eigenvalue weighted by Crippen LogP contribution is -2.49. The van der Waals surface area contributed by atoms with Crippen LogP contribution < -0.4 is 14.4 Å². The highest BCUT2D eigenvalue weighted by Crippen LogP contribution is 2.29. The van der Waals surface area contributed by atoms with Gasteiger partial charge in [0, 0.05) is 26.2 Å². The van der Waals surface area contributed by atoms with Crippen molar-refractivity contribution in [2.45, 2.75) is 0 Å². The Morgan fingerprint density at radius 1 is 0.933 bits per heavy atom. The summed E-state index contributed by atoms with van der Waals surface area (Å²) < 4.78 is 25.5. The van der Waals surface area contributed by atoms with Crippen molar-refractivity contribution >= 4 is 11.6 Å². The quantitative estimate of drug-likeness (QED) is 0.647. The molecule has 1 saturated heterocycles. The second kappa shape index (κ2) is 8.44. The molecular formula is C22H23FN4O3. The summed E-state index contributed by atoms with van der Waals surface area (Å²) in [5.74, 6) is 0.683. The van der Waals surface area contributed by atoms with E-state index in [2.05, 4.69) is 10.00 Å². The lowest BCUT2D eigenvalue weighted by molar-refractivity contribution is 0.0737. The van der Waals surface area contributed by atoms with Crippen LogP contribution in [0.5, 0.6) is 11.5 Å². The standard InChI is InChI=1S/C22H23FN4O3/c1-29-19-6-4-3-5-18(19)25-11-13-26(14-12-25)22(28)21-20(30-2)15-27(24-21)17-9-7-16(23)8-10-17/h3-10,15H,11-14H2,1-2H3. The SMILES string of the molecule is COc1ccccc1N1CCN(C(=O)c2nn(-c3ccc(F)cc3)cc2OC)CC1. The molecule has 0 unspecified atom stereocenters. The number of amides is 1. The maximum absolute atomic E-state index is 13.2. The number of ether oxygens (including phenoxy) is 2. The predicted octanol–water partition coefficient (Wildman–Crippen LogP) is 2.99. The van der Waals surface area contributed by atoms with Crippen LogP contribution in [0.25, 0.3) is 5.69 Å². The van der Waals surface area contributed by atoms with Gasteiger partial charge in [0.25, 0.3) is 5.91 Å². The average molecular weight is 410 g/mol. The molecule has 0 saturated carbocycles. The molecular weight excluding hydrogens is 387 g/mol. The Balaban J connectivity index is 1.49. The Labute approximate surface area is 174 Å². The van der Waals surface area contributed by atoms with Crippen molar-refractivity contribution in [3.63, 3.8) is 0 Å². The maximum Gasteiger partial charge on any atom is 0.278 e. The number of anilines is 1. The van der Waals surface area contributed by atoms with Gasteiger partial charge in [-0.05, 0) is 36.4 Å². The molecule has 156 valence electrons. The summed E-state index contributed by atoms with van der Waals surface area (Å²) in [6.07, 6.45) is 1.63. The summed E-state index contributed by atoms with van der Waals surface area (Å²) in [6, 6.07) is 13.8. The number of hydrogen-bond donors (Lipinski definition) is 0. The molecule has 30 heavy (non-hydrogen) atoms. The first-order valence-electron chi connectivity index (χ1n) is 9.67. The zero-order valence-corrected chi connectivity index (χ0v) is 16.9. The number of hydrogen-bond acceptors (Lipinski definition) is 5. The van der Waals surface area contributed by atoms with Crippen LogP contribution in [0, 0.1) is 5.82 Å². The summed E-state index contributed by atoms with van der Waals surface area (Å²) in [5, 5.41) is 4.41. The van der Waals surface area contributed by atoms with Crippen molar-refractivity contribution in [3.05, 3.63) is 66.2 Å². The summed E-state index contributed by atoms with van der Waals surface area (Å²) in [7, 11) is 3.16. The number of nitrogens with zero attached hydrogens (tertiary/aromatic N) is 4. The smallest absolute Gasteiger partial charge is 0.278 e. The highest BCUT2D eigenvalue weighted by atomic mass is 19.1. The highest BCUT2D eigenvalue weighted by Gasteiger charge is 2.28. The molecule has 8 heteroatoms. The Kier molecular flexibility index (Phi) is 5.56. The second-order valence-corrected chi connectivity index (χ2v) is 6.92. The predicted molar refractivity (Wildman–Crippen MR) is 111 cm³/mol. The third-order valence-corrected chi connectivity index (χ3v) is 5.19. The first-order valence-corrected chi connectivity index (χ1v) is 9.67. The van der Waals surface area contributed by atoms with E-state index in [0.29, 0.717) is 37.6 Å². The fourth-order valence-corrected chi connectivity index (χ4v) is 3.57. The van der Waals surface area contributed by atoms with Crippen LogP contribution in [0.15, 0.2) is 54.7 Å². The van der Waals surface area contributed by atoms with E-state index in [4.69, 9.17) is 9.47 Å². The van der Waals surface area contributed by atoms with Gasteiger partial charge in [-0.3, -0.25) is 4.79 Å². The van der Waals surface area contributed by atoms with Crippen molar-refractivity contribution in [1.82, 2.24) is 14.7 Å². The molecule has 0 N–H and O–H groups in total. The molecule has 1 amide bonds. The van der Waals surface area contributed by atoms with Gasteiger partial charge in [0.05, 0.1) is 31.8 Å². The van der Waals surface area contributed by atoms with E-state index in [1.807, 2.05) is 24.3 Å². The minimum Gasteiger partial charge on any atom is -0.495 e. The molecule has 1 fully saturated rings. The van der Waals surface area contributed by atoms with E-state index >= 15 is 0 Å². The van der Waals surface area contributed by atoms with E-state index in [1.54, 1.807) is 30.3 Å². The van der Waals surface area contributed by atoms with Crippen LogP contribution in [0.4, 0.5) is 10.1 Å². The van der Waals surface area contributed by atoms with Crippen LogP contribution in [0.3, 0.4) is 0 Å². The Morgan fingerprint density at radius 3 is 2.27 bits per heavy atom. The molecule has 0 atom stereocenters. The van der Waals surface area contributed by atoms with E-state index in [-0.39, 0.29) is 17.4 Å². The van der Waals surface area contributed by atoms with Crippen LogP contribution in [-0.2, 0) is 0 Å². The molecule has 2 aromatic carbocycles. The molecule has 3 aromatic rings. The zero-order chi connectivity index (χ0) is 21.1. The summed E-state index contributed by atoms with van der Waals surface area (Å²) in [4.78, 5) is 17.1. The van der Waals surface area contributed by atoms with Gasteiger partial charge in [0.1, 0.15) is 11.6 Å². The first-order chi connectivity index (χ1) is 14.6. The fraction of sp³-hybridized carbons (Fsp3) is 0.273. The van der Waals surface area contributed by atoms with E-state index in [0.717, 1.165) is 11.4 Å². The van der Waals surface area contributed by atoms with Gasteiger partial charge >= 0.3 is 0 Å². The Morgan fingerprint density at radius 2 is 1.60 bits per heavy atom. The third kappa shape index (κ3) is 3.80. The van der Waals surface area contributed by atoms with E-state index in [1.165, 1.54) is 23.9 Å². The summed E-state index contributed by atoms with van der Waals surface area (Å²) in [5.41, 5.74) is 1.91. The third-order valence-electron chi connectivity index (χ3n) is 5.19. The molecule has 1 aliphatic heterocycles. The van der Waals surface area contributed by atoms with Gasteiger partial charge in [-0.25, -0.2) is 9.07 Å². The number of para-hydroxylation sites is 2. The number of halogens is 1. The van der Waals surface area contributed by atoms with Gasteiger partial charge in [-0.1, -0.05) is 12.1 Å². The van der Waals surface area contributed by atoms with Crippen LogP contribution in [0.1, 0.15) is 10.5 Å². The van der Waals surface area contributed by atoms with Gasteiger partial charge in [0.2, 0.25) is 0 Å². The number of aromatic nitrogens is 2. The van der Waals surface area contributed by atoms with Crippen LogP contribution >= 0.6 is 0 Å². The number of benzene rings is 2. The highest BCUT2D eigenvalue weighted by molar-refractivity contribution is 5.95. The van der Waals surface area contributed by atoms with Crippen molar-refractivity contribution in [3.8, 4) is 17.2 Å². The molecule has 4 rings (SSSR count). The number of methoxy groups -OCH3 is 2. The molecule has 0 aliphatic carbocycles. The lowest BCUT2D eigenvalue weighted by atomic mass is 10.2. The molecule has 0 bridgehead atoms.